The molecular weight excluding hydrogens is 200 g/mol. The van der Waals surface area contributed by atoms with Gasteiger partial charge in [0.25, 0.3) is 0 Å². The molecule has 2 heteroatoms. The summed E-state index contributed by atoms with van der Waals surface area (Å²) in [5.41, 5.74) is 2.44. The molecule has 16 heavy (non-hydrogen) atoms. The zero-order valence-corrected chi connectivity index (χ0v) is 10.2. The van der Waals surface area contributed by atoms with Crippen LogP contribution in [-0.4, -0.2) is 11.6 Å². The molecule has 0 aliphatic carbocycles. The Labute approximate surface area is 96.7 Å². The van der Waals surface area contributed by atoms with Crippen molar-refractivity contribution in [2.45, 2.75) is 40.0 Å². The minimum absolute atomic E-state index is 0.0489. The highest BCUT2D eigenvalue weighted by Crippen LogP contribution is 2.16. The number of carbonyl (C=O) groups excluding carboxylic acids is 2. The smallest absolute Gasteiger partial charge is 0.160 e. The van der Waals surface area contributed by atoms with Crippen LogP contribution in [0.25, 0.3) is 0 Å². The van der Waals surface area contributed by atoms with E-state index in [4.69, 9.17) is 0 Å². The van der Waals surface area contributed by atoms with Gasteiger partial charge in [0.05, 0.1) is 0 Å². The molecule has 0 heterocycles. The number of hydrogen-bond acceptors (Lipinski definition) is 2. The Hall–Kier alpha value is -1.44. The number of rotatable bonds is 5. The summed E-state index contributed by atoms with van der Waals surface area (Å²) >= 11 is 0. The molecule has 86 valence electrons. The maximum Gasteiger partial charge on any atom is 0.160 e. The van der Waals surface area contributed by atoms with Gasteiger partial charge >= 0.3 is 0 Å². The molecular formula is C14H18O2. The molecule has 0 spiro atoms. The number of Topliss-reactive ketones (excluding diaryl/α,β-unsaturated/α-hetero) is 2. The first-order valence-electron chi connectivity index (χ1n) is 5.71. The molecule has 1 rings (SSSR count). The Balaban J connectivity index is 3.10. The number of unbranched alkanes of at least 4 members (excludes halogenated alkanes) is 1. The van der Waals surface area contributed by atoms with E-state index >= 15 is 0 Å². The Bertz CT molecular complexity index is 405. The van der Waals surface area contributed by atoms with Gasteiger partial charge in [-0.05, 0) is 38.3 Å². The first-order valence-corrected chi connectivity index (χ1v) is 5.71. The monoisotopic (exact) mass is 218 g/mol. The Morgan fingerprint density at radius 2 is 1.81 bits per heavy atom. The number of hydrogen-bond donors (Lipinski definition) is 0. The van der Waals surface area contributed by atoms with E-state index in [9.17, 15) is 9.59 Å². The van der Waals surface area contributed by atoms with Gasteiger partial charge in [-0.25, -0.2) is 0 Å². The van der Waals surface area contributed by atoms with Crippen molar-refractivity contribution in [2.24, 2.45) is 0 Å². The van der Waals surface area contributed by atoms with Crippen molar-refractivity contribution in [1.82, 2.24) is 0 Å². The van der Waals surface area contributed by atoms with E-state index in [1.807, 2.05) is 6.07 Å². The molecule has 0 aliphatic rings. The van der Waals surface area contributed by atoms with Gasteiger partial charge in [0.2, 0.25) is 0 Å². The van der Waals surface area contributed by atoms with E-state index in [0.717, 1.165) is 30.4 Å². The molecule has 0 saturated heterocycles. The Morgan fingerprint density at radius 1 is 1.12 bits per heavy atom. The van der Waals surface area contributed by atoms with Crippen molar-refractivity contribution in [3.8, 4) is 0 Å². The average molecular weight is 218 g/mol. The highest BCUT2D eigenvalue weighted by Gasteiger charge is 2.09. The van der Waals surface area contributed by atoms with Crippen LogP contribution in [0.15, 0.2) is 18.2 Å². The molecule has 0 saturated carbocycles. The van der Waals surface area contributed by atoms with Crippen LogP contribution in [-0.2, 0) is 6.42 Å². The standard InChI is InChI=1S/C14H18O2/c1-4-5-6-13-9-12(10(2)15)7-8-14(13)11(3)16/h7-9H,4-6H2,1-3H3. The SMILES string of the molecule is CCCCc1cc(C(C)=O)ccc1C(C)=O. The van der Waals surface area contributed by atoms with Gasteiger partial charge in [-0.2, -0.15) is 0 Å². The molecule has 0 aromatic heterocycles. The van der Waals surface area contributed by atoms with Gasteiger partial charge in [0.1, 0.15) is 0 Å². The van der Waals surface area contributed by atoms with E-state index in [2.05, 4.69) is 6.92 Å². The molecule has 0 atom stereocenters. The third-order valence-electron chi connectivity index (χ3n) is 2.69. The fourth-order valence-corrected chi connectivity index (χ4v) is 1.73. The summed E-state index contributed by atoms with van der Waals surface area (Å²) < 4.78 is 0. The molecule has 0 N–H and O–H groups in total. The van der Waals surface area contributed by atoms with Gasteiger partial charge < -0.3 is 0 Å². The summed E-state index contributed by atoms with van der Waals surface area (Å²) in [7, 11) is 0. The zero-order chi connectivity index (χ0) is 12.1. The summed E-state index contributed by atoms with van der Waals surface area (Å²) in [6, 6.07) is 5.35. The van der Waals surface area contributed by atoms with Crippen molar-refractivity contribution in [1.29, 1.82) is 0 Å². The van der Waals surface area contributed by atoms with Crippen LogP contribution in [0.2, 0.25) is 0 Å². The molecule has 0 radical (unpaired) electrons. The van der Waals surface area contributed by atoms with Crippen molar-refractivity contribution < 1.29 is 9.59 Å². The first-order chi connectivity index (χ1) is 7.56. The van der Waals surface area contributed by atoms with E-state index < -0.39 is 0 Å². The second-order valence-corrected chi connectivity index (χ2v) is 4.09. The molecule has 0 unspecified atom stereocenters. The van der Waals surface area contributed by atoms with E-state index in [-0.39, 0.29) is 11.6 Å². The summed E-state index contributed by atoms with van der Waals surface area (Å²) in [6.45, 7) is 5.23. The summed E-state index contributed by atoms with van der Waals surface area (Å²) in [5.74, 6) is 0.119. The third-order valence-corrected chi connectivity index (χ3v) is 2.69. The number of carbonyl (C=O) groups is 2. The van der Waals surface area contributed by atoms with Gasteiger partial charge in [-0.15, -0.1) is 0 Å². The highest BCUT2D eigenvalue weighted by molar-refractivity contribution is 5.99. The highest BCUT2D eigenvalue weighted by atomic mass is 16.1. The Morgan fingerprint density at radius 3 is 2.31 bits per heavy atom. The summed E-state index contributed by atoms with van der Waals surface area (Å²) in [5, 5.41) is 0. The third kappa shape index (κ3) is 3.02. The minimum atomic E-state index is 0.0489. The molecule has 1 aromatic rings. The van der Waals surface area contributed by atoms with Crippen LogP contribution >= 0.6 is 0 Å². The minimum Gasteiger partial charge on any atom is -0.295 e. The number of benzene rings is 1. The lowest BCUT2D eigenvalue weighted by molar-refractivity contribution is 0.100. The topological polar surface area (TPSA) is 34.1 Å². The second kappa shape index (κ2) is 5.59. The van der Waals surface area contributed by atoms with Crippen molar-refractivity contribution in [3.05, 3.63) is 34.9 Å². The molecule has 2 nitrogen and oxygen atoms in total. The lowest BCUT2D eigenvalue weighted by atomic mass is 9.96. The maximum atomic E-state index is 11.4. The fraction of sp³-hybridized carbons (Fsp3) is 0.429. The van der Waals surface area contributed by atoms with Crippen LogP contribution in [0.3, 0.4) is 0 Å². The molecule has 1 aromatic carbocycles. The lowest BCUT2D eigenvalue weighted by Gasteiger charge is -2.08. The predicted octanol–water partition coefficient (Wildman–Crippen LogP) is 3.43. The fourth-order valence-electron chi connectivity index (χ4n) is 1.73. The van der Waals surface area contributed by atoms with Crippen LogP contribution in [0.1, 0.15) is 59.9 Å². The van der Waals surface area contributed by atoms with Crippen LogP contribution in [0.5, 0.6) is 0 Å². The molecule has 0 bridgehead atoms. The molecule has 0 fully saturated rings. The lowest BCUT2D eigenvalue weighted by Crippen LogP contribution is -2.03. The normalized spacial score (nSPS) is 10.2. The quantitative estimate of drug-likeness (QED) is 0.709. The van der Waals surface area contributed by atoms with Gasteiger partial charge in [-0.3, -0.25) is 9.59 Å². The average Bonchev–Trinajstić information content (AvgIpc) is 2.25. The second-order valence-electron chi connectivity index (χ2n) is 4.09. The van der Waals surface area contributed by atoms with Crippen LogP contribution in [0, 0.1) is 0 Å². The first kappa shape index (κ1) is 12.6. The maximum absolute atomic E-state index is 11.4. The van der Waals surface area contributed by atoms with Crippen LogP contribution in [0.4, 0.5) is 0 Å². The van der Waals surface area contributed by atoms with E-state index in [1.165, 1.54) is 0 Å². The van der Waals surface area contributed by atoms with Gasteiger partial charge in [-0.1, -0.05) is 25.5 Å². The number of ketones is 2. The molecule has 0 aliphatic heterocycles. The molecule has 0 amide bonds. The van der Waals surface area contributed by atoms with E-state index in [1.54, 1.807) is 26.0 Å². The van der Waals surface area contributed by atoms with Crippen molar-refractivity contribution in [3.63, 3.8) is 0 Å². The van der Waals surface area contributed by atoms with Gasteiger partial charge in [0, 0.05) is 11.1 Å². The largest absolute Gasteiger partial charge is 0.295 e. The van der Waals surface area contributed by atoms with Crippen molar-refractivity contribution in [2.75, 3.05) is 0 Å². The predicted molar refractivity (Wildman–Crippen MR) is 65.1 cm³/mol. The van der Waals surface area contributed by atoms with Crippen LogP contribution < -0.4 is 0 Å². The zero-order valence-electron chi connectivity index (χ0n) is 10.2. The van der Waals surface area contributed by atoms with Gasteiger partial charge in [0.15, 0.2) is 11.6 Å². The van der Waals surface area contributed by atoms with E-state index in [0.29, 0.717) is 5.56 Å². The summed E-state index contributed by atoms with van der Waals surface area (Å²) in [6.07, 6.45) is 3.00. The number of aryl methyl sites for hydroxylation is 1. The summed E-state index contributed by atoms with van der Waals surface area (Å²) in [4.78, 5) is 22.7. The Kier molecular flexibility index (Phi) is 4.41. The van der Waals surface area contributed by atoms with Crippen molar-refractivity contribution >= 4 is 11.6 Å².